The first-order chi connectivity index (χ1) is 14.2. The van der Waals surface area contributed by atoms with E-state index in [0.717, 1.165) is 12.1 Å². The average molecular weight is 423 g/mol. The van der Waals surface area contributed by atoms with E-state index in [4.69, 9.17) is 9.15 Å². The van der Waals surface area contributed by atoms with Crippen LogP contribution in [0.15, 0.2) is 41.1 Å². The molecule has 0 aliphatic carbocycles. The Morgan fingerprint density at radius 3 is 2.60 bits per heavy atom. The highest BCUT2D eigenvalue weighted by atomic mass is 19.4. The number of halogens is 3. The molecular weight excluding hydrogens is 407 g/mol. The molecule has 2 heterocycles. The summed E-state index contributed by atoms with van der Waals surface area (Å²) in [6.45, 7) is 1.57. The third kappa shape index (κ3) is 5.04. The van der Waals surface area contributed by atoms with E-state index in [-0.39, 0.29) is 29.5 Å². The van der Waals surface area contributed by atoms with E-state index in [9.17, 15) is 23.1 Å². The van der Waals surface area contributed by atoms with Gasteiger partial charge in [-0.1, -0.05) is 0 Å². The van der Waals surface area contributed by atoms with Gasteiger partial charge in [0.1, 0.15) is 11.5 Å². The second kappa shape index (κ2) is 8.39. The number of carbonyl (C=O) groups is 1. The number of benzene rings is 1. The van der Waals surface area contributed by atoms with Gasteiger partial charge in [0.2, 0.25) is 11.8 Å². The maximum atomic E-state index is 12.6. The largest absolute Gasteiger partial charge is 0.573 e. The molecule has 30 heavy (non-hydrogen) atoms. The van der Waals surface area contributed by atoms with E-state index < -0.39 is 24.0 Å². The quantitative estimate of drug-likeness (QED) is 0.609. The molecule has 0 spiro atoms. The molecule has 0 radical (unpaired) electrons. The fourth-order valence-corrected chi connectivity index (χ4v) is 2.88. The van der Waals surface area contributed by atoms with Crippen LogP contribution < -0.4 is 9.47 Å². The highest BCUT2D eigenvalue weighted by Crippen LogP contribution is 2.37. The van der Waals surface area contributed by atoms with Crippen LogP contribution in [0.3, 0.4) is 0 Å². The van der Waals surface area contributed by atoms with Crippen LogP contribution in [0.4, 0.5) is 13.2 Å². The van der Waals surface area contributed by atoms with Crippen molar-refractivity contribution in [3.8, 4) is 22.6 Å². The van der Waals surface area contributed by atoms with Gasteiger partial charge in [-0.25, -0.2) is 0 Å². The van der Waals surface area contributed by atoms with Crippen molar-refractivity contribution in [2.75, 3.05) is 7.11 Å². The Labute approximate surface area is 168 Å². The lowest BCUT2D eigenvalue weighted by Gasteiger charge is -2.15. The van der Waals surface area contributed by atoms with Gasteiger partial charge in [0.15, 0.2) is 0 Å². The fourth-order valence-electron chi connectivity index (χ4n) is 2.88. The van der Waals surface area contributed by atoms with Gasteiger partial charge in [-0.05, 0) is 29.8 Å². The topological polar surface area (TPSA) is 108 Å². The first kappa shape index (κ1) is 21.1. The van der Waals surface area contributed by atoms with Gasteiger partial charge < -0.3 is 19.0 Å². The third-order valence-electron chi connectivity index (χ3n) is 4.10. The number of aliphatic carboxylic acids is 1. The number of pyridine rings is 1. The van der Waals surface area contributed by atoms with E-state index in [1.165, 1.54) is 25.6 Å². The second-order valence-corrected chi connectivity index (χ2v) is 6.23. The number of hydrogen-bond donors (Lipinski definition) is 1. The normalized spacial score (nSPS) is 12.4. The zero-order valence-corrected chi connectivity index (χ0v) is 15.8. The molecule has 1 N–H and O–H groups in total. The van der Waals surface area contributed by atoms with Crippen molar-refractivity contribution in [2.24, 2.45) is 0 Å². The van der Waals surface area contributed by atoms with E-state index in [0.29, 0.717) is 11.1 Å². The van der Waals surface area contributed by atoms with Crippen LogP contribution in [0.5, 0.6) is 11.5 Å². The molecule has 0 bridgehead atoms. The SMILES string of the molecule is COc1ccc(OC(F)(F)F)cc1-c1cncc(C(CC(=O)O)c2nnc(C)o2)c1. The minimum Gasteiger partial charge on any atom is -0.496 e. The molecule has 0 saturated carbocycles. The van der Waals surface area contributed by atoms with Crippen LogP contribution in [0, 0.1) is 6.92 Å². The van der Waals surface area contributed by atoms with Crippen molar-refractivity contribution in [1.82, 2.24) is 15.2 Å². The molecule has 0 aliphatic rings. The van der Waals surface area contributed by atoms with Gasteiger partial charge in [0, 0.05) is 30.4 Å². The summed E-state index contributed by atoms with van der Waals surface area (Å²) in [6.07, 6.45) is -2.36. The molecule has 0 aliphatic heterocycles. The summed E-state index contributed by atoms with van der Waals surface area (Å²) in [5, 5.41) is 16.9. The zero-order chi connectivity index (χ0) is 21.9. The monoisotopic (exact) mass is 423 g/mol. The molecule has 158 valence electrons. The molecule has 0 fully saturated rings. The van der Waals surface area contributed by atoms with Crippen LogP contribution in [-0.2, 0) is 4.79 Å². The Bertz CT molecular complexity index is 1050. The number of rotatable bonds is 7. The van der Waals surface area contributed by atoms with E-state index in [1.807, 2.05) is 0 Å². The number of aryl methyl sites for hydroxylation is 1. The second-order valence-electron chi connectivity index (χ2n) is 6.23. The number of alkyl halides is 3. The lowest BCUT2D eigenvalue weighted by atomic mass is 9.94. The minimum atomic E-state index is -4.85. The lowest BCUT2D eigenvalue weighted by molar-refractivity contribution is -0.274. The van der Waals surface area contributed by atoms with Crippen molar-refractivity contribution >= 4 is 5.97 Å². The highest BCUT2D eigenvalue weighted by Gasteiger charge is 2.31. The fraction of sp³-hybridized carbons (Fsp3) is 0.263. The molecule has 1 unspecified atom stereocenters. The van der Waals surface area contributed by atoms with Crippen LogP contribution >= 0.6 is 0 Å². The lowest BCUT2D eigenvalue weighted by Crippen LogP contribution is -2.17. The summed E-state index contributed by atoms with van der Waals surface area (Å²) in [7, 11) is 1.37. The minimum absolute atomic E-state index is 0.0926. The molecule has 2 aromatic heterocycles. The maximum Gasteiger partial charge on any atom is 0.573 e. The molecular formula is C19H16F3N3O5. The summed E-state index contributed by atoms with van der Waals surface area (Å²) in [6, 6.07) is 5.20. The van der Waals surface area contributed by atoms with Crippen molar-refractivity contribution in [3.63, 3.8) is 0 Å². The predicted octanol–water partition coefficient (Wildman–Crippen LogP) is 3.95. The highest BCUT2D eigenvalue weighted by molar-refractivity contribution is 5.73. The number of methoxy groups -OCH3 is 1. The summed E-state index contributed by atoms with van der Waals surface area (Å²) >= 11 is 0. The number of nitrogens with zero attached hydrogens (tertiary/aromatic N) is 3. The van der Waals surface area contributed by atoms with Crippen LogP contribution in [0.1, 0.15) is 29.7 Å². The van der Waals surface area contributed by atoms with Gasteiger partial charge in [-0.2, -0.15) is 0 Å². The smallest absolute Gasteiger partial charge is 0.496 e. The standard InChI is InChI=1S/C19H16F3N3O5/c1-10-24-25-18(29-10)15(7-17(26)27)12-5-11(8-23-9-12)14-6-13(30-19(20,21)22)3-4-16(14)28-2/h3-6,8-9,15H,7H2,1-2H3,(H,26,27). The van der Waals surface area contributed by atoms with Crippen molar-refractivity contribution < 1.29 is 37.0 Å². The Kier molecular flexibility index (Phi) is 5.90. The summed E-state index contributed by atoms with van der Waals surface area (Å²) in [5.41, 5.74) is 1.11. The van der Waals surface area contributed by atoms with E-state index in [2.05, 4.69) is 19.9 Å². The van der Waals surface area contributed by atoms with E-state index >= 15 is 0 Å². The van der Waals surface area contributed by atoms with Gasteiger partial charge in [0.05, 0.1) is 19.4 Å². The third-order valence-corrected chi connectivity index (χ3v) is 4.10. The average Bonchev–Trinajstić information content (AvgIpc) is 3.11. The Morgan fingerprint density at radius 1 is 1.23 bits per heavy atom. The molecule has 3 rings (SSSR count). The Hall–Kier alpha value is -3.63. The molecule has 3 aromatic rings. The van der Waals surface area contributed by atoms with Crippen LogP contribution in [-0.4, -0.2) is 39.7 Å². The maximum absolute atomic E-state index is 12.6. The number of carboxylic acid groups (broad SMARTS) is 1. The van der Waals surface area contributed by atoms with Crippen LogP contribution in [0.2, 0.25) is 0 Å². The van der Waals surface area contributed by atoms with Gasteiger partial charge >= 0.3 is 12.3 Å². The van der Waals surface area contributed by atoms with Gasteiger partial charge in [-0.3, -0.25) is 9.78 Å². The number of carboxylic acids is 1. The number of hydrogen-bond acceptors (Lipinski definition) is 7. The first-order valence-corrected chi connectivity index (χ1v) is 8.57. The zero-order valence-electron chi connectivity index (χ0n) is 15.8. The van der Waals surface area contributed by atoms with Gasteiger partial charge in [0.25, 0.3) is 0 Å². The van der Waals surface area contributed by atoms with E-state index in [1.54, 1.807) is 13.0 Å². The van der Waals surface area contributed by atoms with Crippen LogP contribution in [0.25, 0.3) is 11.1 Å². The predicted molar refractivity (Wildman–Crippen MR) is 96.0 cm³/mol. The Morgan fingerprint density at radius 2 is 2.00 bits per heavy atom. The van der Waals surface area contributed by atoms with Gasteiger partial charge in [-0.15, -0.1) is 23.4 Å². The van der Waals surface area contributed by atoms with Crippen molar-refractivity contribution in [3.05, 3.63) is 54.0 Å². The first-order valence-electron chi connectivity index (χ1n) is 8.57. The molecule has 11 heteroatoms. The number of ether oxygens (including phenoxy) is 2. The summed E-state index contributed by atoms with van der Waals surface area (Å²) in [5.74, 6) is -1.68. The summed E-state index contributed by atoms with van der Waals surface area (Å²) < 4.78 is 52.4. The molecule has 1 aromatic carbocycles. The number of aromatic nitrogens is 3. The Balaban J connectivity index is 2.05. The molecule has 0 amide bonds. The molecule has 8 nitrogen and oxygen atoms in total. The molecule has 1 atom stereocenters. The molecule has 0 saturated heterocycles. The van der Waals surface area contributed by atoms with Crippen molar-refractivity contribution in [2.45, 2.75) is 25.6 Å². The van der Waals surface area contributed by atoms with Crippen molar-refractivity contribution in [1.29, 1.82) is 0 Å². The summed E-state index contributed by atoms with van der Waals surface area (Å²) in [4.78, 5) is 15.4.